The van der Waals surface area contributed by atoms with Crippen LogP contribution in [0, 0.1) is 5.41 Å². The summed E-state index contributed by atoms with van der Waals surface area (Å²) in [7, 11) is 0. The summed E-state index contributed by atoms with van der Waals surface area (Å²) in [6.45, 7) is 4.38. The first-order chi connectivity index (χ1) is 16.0. The maximum Gasteiger partial charge on any atom is 0.237 e. The highest BCUT2D eigenvalue weighted by atomic mass is 16.5. The minimum Gasteiger partial charge on any atom is -0.457 e. The zero-order chi connectivity index (χ0) is 22.6. The lowest BCUT2D eigenvalue weighted by molar-refractivity contribution is -0.124. The Morgan fingerprint density at radius 3 is 2.24 bits per heavy atom. The van der Waals surface area contributed by atoms with Crippen molar-refractivity contribution in [1.29, 1.82) is 0 Å². The van der Waals surface area contributed by atoms with Crippen molar-refractivity contribution in [3.8, 4) is 11.5 Å². The van der Waals surface area contributed by atoms with E-state index in [9.17, 15) is 4.79 Å². The summed E-state index contributed by atoms with van der Waals surface area (Å²) in [6, 6.07) is 25.1. The molecule has 1 heterocycles. The molecule has 0 radical (unpaired) electrons. The van der Waals surface area contributed by atoms with Gasteiger partial charge in [0.1, 0.15) is 11.5 Å². The van der Waals surface area contributed by atoms with Crippen LogP contribution in [0.3, 0.4) is 0 Å². The Kier molecular flexibility index (Phi) is 4.31. The van der Waals surface area contributed by atoms with Gasteiger partial charge in [-0.1, -0.05) is 44.2 Å². The van der Waals surface area contributed by atoms with Crippen molar-refractivity contribution < 1.29 is 9.53 Å². The average Bonchev–Trinajstić information content (AvgIpc) is 3.21. The molecule has 5 heteroatoms. The van der Waals surface area contributed by atoms with Crippen LogP contribution in [0.2, 0.25) is 0 Å². The maximum atomic E-state index is 13.9. The van der Waals surface area contributed by atoms with E-state index in [4.69, 9.17) is 14.7 Å². The fourth-order valence-electron chi connectivity index (χ4n) is 5.80. The minimum atomic E-state index is -0.691. The molecule has 2 aliphatic rings. The van der Waals surface area contributed by atoms with Crippen LogP contribution in [0.25, 0.3) is 11.0 Å². The van der Waals surface area contributed by atoms with E-state index in [2.05, 4.69) is 19.2 Å². The topological polar surface area (TPSA) is 64.1 Å². The van der Waals surface area contributed by atoms with Crippen molar-refractivity contribution >= 4 is 22.6 Å². The molecule has 33 heavy (non-hydrogen) atoms. The van der Waals surface area contributed by atoms with Crippen LogP contribution in [-0.2, 0) is 10.2 Å². The van der Waals surface area contributed by atoms with Gasteiger partial charge in [0.2, 0.25) is 5.91 Å². The second-order valence-corrected chi connectivity index (χ2v) is 9.56. The molecular weight excluding hydrogens is 410 g/mol. The first-order valence-corrected chi connectivity index (χ1v) is 11.4. The van der Waals surface area contributed by atoms with E-state index in [1.54, 1.807) is 0 Å². The SMILES string of the molecule is CC1(C)C2CCC1(C(=O)Nc1ccc(Oc3ccccc3)cc1)c1nc3ccccc3nc12. The first kappa shape index (κ1) is 19.9. The molecule has 2 bridgehead atoms. The number of para-hydroxylation sites is 3. The first-order valence-electron chi connectivity index (χ1n) is 11.4. The van der Waals surface area contributed by atoms with Crippen LogP contribution in [-0.4, -0.2) is 15.9 Å². The molecular formula is C28H25N3O2. The van der Waals surface area contributed by atoms with Crippen molar-refractivity contribution in [2.24, 2.45) is 5.41 Å². The normalized spacial score (nSPS) is 22.2. The van der Waals surface area contributed by atoms with Gasteiger partial charge in [-0.25, -0.2) is 9.97 Å². The van der Waals surface area contributed by atoms with Crippen LogP contribution in [0.15, 0.2) is 78.9 Å². The van der Waals surface area contributed by atoms with Crippen molar-refractivity contribution in [3.05, 3.63) is 90.3 Å². The molecule has 2 atom stereocenters. The Morgan fingerprint density at radius 1 is 0.879 bits per heavy atom. The predicted octanol–water partition coefficient (Wildman–Crippen LogP) is 6.22. The summed E-state index contributed by atoms with van der Waals surface area (Å²) in [5.74, 6) is 1.73. The molecule has 6 rings (SSSR count). The molecule has 2 unspecified atom stereocenters. The Hall–Kier alpha value is -3.73. The number of carbonyl (C=O) groups excluding carboxylic acids is 1. The smallest absolute Gasteiger partial charge is 0.237 e. The van der Waals surface area contributed by atoms with Crippen LogP contribution in [0.5, 0.6) is 11.5 Å². The van der Waals surface area contributed by atoms with Gasteiger partial charge in [-0.15, -0.1) is 0 Å². The molecule has 1 aromatic heterocycles. The van der Waals surface area contributed by atoms with Crippen LogP contribution >= 0.6 is 0 Å². The van der Waals surface area contributed by atoms with Crippen molar-refractivity contribution in [2.45, 2.75) is 38.0 Å². The molecule has 2 aliphatic carbocycles. The average molecular weight is 436 g/mol. The molecule has 5 nitrogen and oxygen atoms in total. The van der Waals surface area contributed by atoms with Gasteiger partial charge in [0, 0.05) is 11.6 Å². The van der Waals surface area contributed by atoms with E-state index in [1.165, 1.54) is 0 Å². The van der Waals surface area contributed by atoms with Gasteiger partial charge < -0.3 is 10.1 Å². The molecule has 4 aromatic rings. The molecule has 0 saturated heterocycles. The largest absolute Gasteiger partial charge is 0.457 e. The van der Waals surface area contributed by atoms with E-state index in [0.717, 1.165) is 52.4 Å². The van der Waals surface area contributed by atoms with E-state index in [0.29, 0.717) is 0 Å². The number of nitrogens with one attached hydrogen (secondary N) is 1. The number of benzene rings is 3. The number of ether oxygens (including phenoxy) is 1. The monoisotopic (exact) mass is 435 g/mol. The highest BCUT2D eigenvalue weighted by Gasteiger charge is 2.67. The number of carbonyl (C=O) groups is 1. The van der Waals surface area contributed by atoms with Crippen LogP contribution in [0.1, 0.15) is 44.0 Å². The van der Waals surface area contributed by atoms with Gasteiger partial charge >= 0.3 is 0 Å². The fourth-order valence-corrected chi connectivity index (χ4v) is 5.80. The lowest BCUT2D eigenvalue weighted by Crippen LogP contribution is -2.46. The third-order valence-corrected chi connectivity index (χ3v) is 7.59. The van der Waals surface area contributed by atoms with Crippen molar-refractivity contribution in [3.63, 3.8) is 0 Å². The fraction of sp³-hybridized carbons (Fsp3) is 0.250. The molecule has 0 aliphatic heterocycles. The molecule has 0 spiro atoms. The third kappa shape index (κ3) is 2.88. The summed E-state index contributed by atoms with van der Waals surface area (Å²) in [4.78, 5) is 23.8. The van der Waals surface area contributed by atoms with Crippen molar-refractivity contribution in [2.75, 3.05) is 5.32 Å². The molecule has 1 saturated carbocycles. The Balaban J connectivity index is 1.32. The lowest BCUT2D eigenvalue weighted by Gasteiger charge is -2.36. The number of hydrogen-bond donors (Lipinski definition) is 1. The summed E-state index contributed by atoms with van der Waals surface area (Å²) in [5.41, 5.74) is 3.38. The summed E-state index contributed by atoms with van der Waals surface area (Å²) in [5, 5.41) is 3.18. The highest BCUT2D eigenvalue weighted by molar-refractivity contribution is 6.01. The van der Waals surface area contributed by atoms with Gasteiger partial charge in [0.25, 0.3) is 0 Å². The van der Waals surface area contributed by atoms with Gasteiger partial charge in [0.05, 0.1) is 27.8 Å². The Bertz CT molecular complexity index is 1370. The second-order valence-electron chi connectivity index (χ2n) is 9.56. The van der Waals surface area contributed by atoms with Crippen molar-refractivity contribution in [1.82, 2.24) is 9.97 Å². The zero-order valence-corrected chi connectivity index (χ0v) is 18.7. The summed E-state index contributed by atoms with van der Waals surface area (Å²) in [6.07, 6.45) is 1.73. The number of rotatable bonds is 4. The van der Waals surface area contributed by atoms with Crippen LogP contribution in [0.4, 0.5) is 5.69 Å². The number of nitrogens with zero attached hydrogens (tertiary/aromatic N) is 2. The number of amides is 1. The van der Waals surface area contributed by atoms with Gasteiger partial charge in [0.15, 0.2) is 0 Å². The van der Waals surface area contributed by atoms with Gasteiger partial charge in [-0.05, 0) is 66.8 Å². The minimum absolute atomic E-state index is 0.00458. The van der Waals surface area contributed by atoms with Gasteiger partial charge in [-0.2, -0.15) is 0 Å². The van der Waals surface area contributed by atoms with E-state index >= 15 is 0 Å². The zero-order valence-electron chi connectivity index (χ0n) is 18.7. The summed E-state index contributed by atoms with van der Waals surface area (Å²) >= 11 is 0. The predicted molar refractivity (Wildman–Crippen MR) is 129 cm³/mol. The van der Waals surface area contributed by atoms with E-state index in [1.807, 2.05) is 78.9 Å². The standard InChI is InChI=1S/C28H25N3O2/c1-27(2)21-16-17-28(27,25-24(21)30-22-10-6-7-11-23(22)31-25)26(32)29-18-12-14-20(15-13-18)33-19-8-4-3-5-9-19/h3-15,21H,16-17H2,1-2H3,(H,29,32). The number of anilines is 1. The Morgan fingerprint density at radius 2 is 1.52 bits per heavy atom. The number of hydrogen-bond acceptors (Lipinski definition) is 4. The number of aromatic nitrogens is 2. The second kappa shape index (κ2) is 7.14. The summed E-state index contributed by atoms with van der Waals surface area (Å²) < 4.78 is 5.88. The molecule has 164 valence electrons. The molecule has 3 aromatic carbocycles. The quantitative estimate of drug-likeness (QED) is 0.414. The lowest BCUT2D eigenvalue weighted by atomic mass is 9.67. The third-order valence-electron chi connectivity index (χ3n) is 7.59. The highest BCUT2D eigenvalue weighted by Crippen LogP contribution is 2.67. The van der Waals surface area contributed by atoms with E-state index in [-0.39, 0.29) is 17.2 Å². The molecule has 1 amide bonds. The Labute approximate surface area is 192 Å². The molecule has 1 N–H and O–H groups in total. The maximum absolute atomic E-state index is 13.9. The molecule has 1 fully saturated rings. The van der Waals surface area contributed by atoms with Gasteiger partial charge in [-0.3, -0.25) is 4.79 Å². The van der Waals surface area contributed by atoms with E-state index < -0.39 is 5.41 Å². The number of fused-ring (bicyclic) bond motifs is 6. The van der Waals surface area contributed by atoms with Crippen LogP contribution < -0.4 is 10.1 Å².